The fraction of sp³-hybridized carbons (Fsp3) is 0.571. The topological polar surface area (TPSA) is 43.1 Å². The molecule has 104 valence electrons. The van der Waals surface area contributed by atoms with E-state index < -0.39 is 0 Å². The predicted molar refractivity (Wildman–Crippen MR) is 78.0 cm³/mol. The van der Waals surface area contributed by atoms with Crippen molar-refractivity contribution in [1.29, 1.82) is 0 Å². The number of nitro benzene ring substituents is 1. The smallest absolute Gasteiger partial charge is 0.258 e. The fourth-order valence-electron chi connectivity index (χ4n) is 2.73. The second-order valence-electron chi connectivity index (χ2n) is 5.15. The van der Waals surface area contributed by atoms with Gasteiger partial charge in [-0.2, -0.15) is 0 Å². The number of benzene rings is 1. The minimum Gasteiger partial charge on any atom is -0.258 e. The van der Waals surface area contributed by atoms with Crippen LogP contribution in [0.2, 0.25) is 5.02 Å². The SMILES string of the molecule is O=[N+]([O-])c1cc(Cl)ccc1CC1CCCCCC1Cl. The number of halogens is 2. The zero-order chi connectivity index (χ0) is 13.8. The van der Waals surface area contributed by atoms with Gasteiger partial charge in [0.05, 0.1) is 4.92 Å². The molecular weight excluding hydrogens is 285 g/mol. The second-order valence-corrected chi connectivity index (χ2v) is 6.15. The third kappa shape index (κ3) is 3.83. The highest BCUT2D eigenvalue weighted by Gasteiger charge is 2.25. The van der Waals surface area contributed by atoms with E-state index in [1.807, 2.05) is 0 Å². The highest BCUT2D eigenvalue weighted by Crippen LogP contribution is 2.33. The maximum Gasteiger partial charge on any atom is 0.274 e. The van der Waals surface area contributed by atoms with Gasteiger partial charge in [-0.3, -0.25) is 10.1 Å². The van der Waals surface area contributed by atoms with Crippen molar-refractivity contribution in [3.63, 3.8) is 0 Å². The molecule has 1 saturated carbocycles. The van der Waals surface area contributed by atoms with Crippen LogP contribution in [0.1, 0.15) is 37.7 Å². The van der Waals surface area contributed by atoms with Crippen LogP contribution in [0.4, 0.5) is 5.69 Å². The van der Waals surface area contributed by atoms with Crippen molar-refractivity contribution in [3.05, 3.63) is 38.9 Å². The molecule has 2 rings (SSSR count). The second kappa shape index (κ2) is 6.58. The normalized spacial score (nSPS) is 23.9. The zero-order valence-corrected chi connectivity index (χ0v) is 12.2. The van der Waals surface area contributed by atoms with Crippen molar-refractivity contribution in [2.75, 3.05) is 0 Å². The van der Waals surface area contributed by atoms with E-state index in [9.17, 15) is 10.1 Å². The molecule has 0 bridgehead atoms. The van der Waals surface area contributed by atoms with Gasteiger partial charge in [0, 0.05) is 22.0 Å². The monoisotopic (exact) mass is 301 g/mol. The number of nitrogens with zero attached hydrogens (tertiary/aromatic N) is 1. The number of hydrogen-bond acceptors (Lipinski definition) is 2. The quantitative estimate of drug-likeness (QED) is 0.342. The van der Waals surface area contributed by atoms with Gasteiger partial charge in [-0.25, -0.2) is 0 Å². The van der Waals surface area contributed by atoms with E-state index in [2.05, 4.69) is 0 Å². The Kier molecular flexibility index (Phi) is 5.06. The largest absolute Gasteiger partial charge is 0.274 e. The summed E-state index contributed by atoms with van der Waals surface area (Å²) in [5.74, 6) is 0.323. The molecule has 1 aromatic rings. The maximum absolute atomic E-state index is 11.1. The summed E-state index contributed by atoms with van der Waals surface area (Å²) in [5.41, 5.74) is 0.854. The molecule has 2 atom stereocenters. The predicted octanol–water partition coefficient (Wildman–Crippen LogP) is 4.98. The van der Waals surface area contributed by atoms with E-state index in [1.165, 1.54) is 12.5 Å². The van der Waals surface area contributed by atoms with Crippen molar-refractivity contribution >= 4 is 28.9 Å². The number of hydrogen-bond donors (Lipinski definition) is 0. The van der Waals surface area contributed by atoms with E-state index in [4.69, 9.17) is 23.2 Å². The van der Waals surface area contributed by atoms with Crippen LogP contribution >= 0.6 is 23.2 Å². The Morgan fingerprint density at radius 1 is 1.26 bits per heavy atom. The van der Waals surface area contributed by atoms with Crippen molar-refractivity contribution in [3.8, 4) is 0 Å². The molecule has 0 aromatic heterocycles. The van der Waals surface area contributed by atoms with Crippen molar-refractivity contribution in [2.45, 2.75) is 43.9 Å². The van der Waals surface area contributed by atoms with Crippen LogP contribution in [-0.4, -0.2) is 10.3 Å². The van der Waals surface area contributed by atoms with Crippen molar-refractivity contribution < 1.29 is 4.92 Å². The molecule has 0 aliphatic heterocycles. The molecule has 2 unspecified atom stereocenters. The average Bonchev–Trinajstić information content (AvgIpc) is 2.57. The molecule has 0 amide bonds. The lowest BCUT2D eigenvalue weighted by Crippen LogP contribution is -2.16. The molecule has 19 heavy (non-hydrogen) atoms. The zero-order valence-electron chi connectivity index (χ0n) is 10.6. The van der Waals surface area contributed by atoms with Crippen molar-refractivity contribution in [2.24, 2.45) is 5.92 Å². The van der Waals surface area contributed by atoms with E-state index in [1.54, 1.807) is 12.1 Å². The van der Waals surface area contributed by atoms with Gasteiger partial charge in [-0.15, -0.1) is 11.6 Å². The van der Waals surface area contributed by atoms with Crippen LogP contribution in [0.3, 0.4) is 0 Å². The molecule has 0 N–H and O–H groups in total. The van der Waals surface area contributed by atoms with E-state index in [-0.39, 0.29) is 16.0 Å². The Labute approximate surface area is 123 Å². The minimum atomic E-state index is -0.360. The summed E-state index contributed by atoms with van der Waals surface area (Å²) in [6.07, 6.45) is 6.26. The summed E-state index contributed by atoms with van der Waals surface area (Å²) < 4.78 is 0. The summed E-state index contributed by atoms with van der Waals surface area (Å²) in [7, 11) is 0. The van der Waals surface area contributed by atoms with Crippen LogP contribution in [0.25, 0.3) is 0 Å². The lowest BCUT2D eigenvalue weighted by Gasteiger charge is -2.19. The molecular formula is C14H17Cl2NO2. The summed E-state index contributed by atoms with van der Waals surface area (Å²) in [6, 6.07) is 4.90. The first kappa shape index (κ1) is 14.6. The first-order chi connectivity index (χ1) is 9.08. The molecule has 1 aliphatic rings. The number of nitro groups is 1. The van der Waals surface area contributed by atoms with E-state index in [0.717, 1.165) is 31.2 Å². The maximum atomic E-state index is 11.1. The van der Waals surface area contributed by atoms with Gasteiger partial charge < -0.3 is 0 Å². The summed E-state index contributed by atoms with van der Waals surface area (Å²) in [5, 5.41) is 11.6. The highest BCUT2D eigenvalue weighted by atomic mass is 35.5. The molecule has 0 radical (unpaired) electrons. The van der Waals surface area contributed by atoms with Crippen LogP contribution < -0.4 is 0 Å². The van der Waals surface area contributed by atoms with Gasteiger partial charge in [-0.1, -0.05) is 36.9 Å². The first-order valence-electron chi connectivity index (χ1n) is 6.65. The van der Waals surface area contributed by atoms with Gasteiger partial charge in [-0.05, 0) is 31.2 Å². The van der Waals surface area contributed by atoms with Gasteiger partial charge in [0.1, 0.15) is 0 Å². The molecule has 0 heterocycles. The summed E-state index contributed by atoms with van der Waals surface area (Å²) >= 11 is 12.2. The lowest BCUT2D eigenvalue weighted by molar-refractivity contribution is -0.385. The first-order valence-corrected chi connectivity index (χ1v) is 7.46. The Balaban J connectivity index is 2.19. The van der Waals surface area contributed by atoms with Gasteiger partial charge >= 0.3 is 0 Å². The summed E-state index contributed by atoms with van der Waals surface area (Å²) in [4.78, 5) is 10.7. The molecule has 1 aliphatic carbocycles. The standard InChI is InChI=1S/C14H17Cl2NO2/c15-12-7-6-11(14(9-12)17(18)19)8-10-4-2-1-3-5-13(10)16/h6-7,9-10,13H,1-5,8H2. The Morgan fingerprint density at radius 2 is 2.00 bits per heavy atom. The molecule has 3 nitrogen and oxygen atoms in total. The third-order valence-electron chi connectivity index (χ3n) is 3.79. The average molecular weight is 302 g/mol. The molecule has 1 fully saturated rings. The highest BCUT2D eigenvalue weighted by molar-refractivity contribution is 6.30. The Bertz CT molecular complexity index is 465. The number of rotatable bonds is 3. The molecule has 0 spiro atoms. The summed E-state index contributed by atoms with van der Waals surface area (Å²) in [6.45, 7) is 0. The lowest BCUT2D eigenvalue weighted by atomic mass is 9.91. The van der Waals surface area contributed by atoms with Crippen LogP contribution in [0.5, 0.6) is 0 Å². The number of alkyl halides is 1. The fourth-order valence-corrected chi connectivity index (χ4v) is 3.27. The van der Waals surface area contributed by atoms with Crippen molar-refractivity contribution in [1.82, 2.24) is 0 Å². The van der Waals surface area contributed by atoms with Crippen LogP contribution in [0.15, 0.2) is 18.2 Å². The van der Waals surface area contributed by atoms with Gasteiger partial charge in [0.25, 0.3) is 5.69 Å². The Morgan fingerprint density at radius 3 is 2.74 bits per heavy atom. The van der Waals surface area contributed by atoms with Crippen LogP contribution in [0, 0.1) is 16.0 Å². The minimum absolute atomic E-state index is 0.112. The molecule has 0 saturated heterocycles. The van der Waals surface area contributed by atoms with Gasteiger partial charge in [0.15, 0.2) is 0 Å². The van der Waals surface area contributed by atoms with E-state index in [0.29, 0.717) is 17.4 Å². The van der Waals surface area contributed by atoms with Crippen LogP contribution in [-0.2, 0) is 6.42 Å². The molecule has 5 heteroatoms. The van der Waals surface area contributed by atoms with Gasteiger partial charge in [0.2, 0.25) is 0 Å². The molecule has 1 aromatic carbocycles. The van der Waals surface area contributed by atoms with E-state index >= 15 is 0 Å². The third-order valence-corrected chi connectivity index (χ3v) is 4.60. The Hall–Kier alpha value is -0.800.